The van der Waals surface area contributed by atoms with Crippen LogP contribution in [-0.2, 0) is 4.79 Å². The van der Waals surface area contributed by atoms with E-state index in [0.29, 0.717) is 25.3 Å². The number of nitrogens with two attached hydrogens (primary N) is 1. The van der Waals surface area contributed by atoms with Crippen molar-refractivity contribution in [2.45, 2.75) is 39.7 Å². The van der Waals surface area contributed by atoms with Crippen LogP contribution in [0.1, 0.15) is 33.6 Å². The van der Waals surface area contributed by atoms with E-state index in [2.05, 4.69) is 5.32 Å². The maximum Gasteiger partial charge on any atom is 0.223 e. The average molecular weight is 216 g/mol. The van der Waals surface area contributed by atoms with Crippen LogP contribution in [0.2, 0.25) is 0 Å². The lowest BCUT2D eigenvalue weighted by atomic mass is 9.99. The molecule has 0 aromatic heterocycles. The van der Waals surface area contributed by atoms with Gasteiger partial charge >= 0.3 is 0 Å². The van der Waals surface area contributed by atoms with Crippen molar-refractivity contribution in [2.75, 3.05) is 13.2 Å². The predicted molar refractivity (Wildman–Crippen MR) is 61.3 cm³/mol. The Morgan fingerprint density at radius 1 is 1.33 bits per heavy atom. The lowest BCUT2D eigenvalue weighted by molar-refractivity contribution is -0.125. The van der Waals surface area contributed by atoms with E-state index in [9.17, 15) is 4.79 Å². The van der Waals surface area contributed by atoms with Crippen LogP contribution in [0.25, 0.3) is 0 Å². The minimum atomic E-state index is -0.0463. The fourth-order valence-corrected chi connectivity index (χ4v) is 1.42. The highest BCUT2D eigenvalue weighted by molar-refractivity contribution is 5.78. The molecule has 4 nitrogen and oxygen atoms in total. The van der Waals surface area contributed by atoms with Crippen molar-refractivity contribution in [1.29, 1.82) is 0 Å². The van der Waals surface area contributed by atoms with Crippen LogP contribution in [0.3, 0.4) is 0 Å². The second-order valence-electron chi connectivity index (χ2n) is 4.35. The summed E-state index contributed by atoms with van der Waals surface area (Å²) in [7, 11) is 0. The number of carbonyl (C=O) groups is 1. The fourth-order valence-electron chi connectivity index (χ4n) is 1.42. The van der Waals surface area contributed by atoms with Gasteiger partial charge < -0.3 is 16.2 Å². The Labute approximate surface area is 92.2 Å². The van der Waals surface area contributed by atoms with Gasteiger partial charge in [0.25, 0.3) is 0 Å². The molecule has 4 N–H and O–H groups in total. The van der Waals surface area contributed by atoms with Gasteiger partial charge in [0.2, 0.25) is 5.91 Å². The summed E-state index contributed by atoms with van der Waals surface area (Å²) in [5, 5.41) is 11.8. The molecule has 0 heterocycles. The largest absolute Gasteiger partial charge is 0.396 e. The normalized spacial score (nSPS) is 15.1. The standard InChI is InChI=1S/C11H24N2O2/c1-8(2)10(5-7-14)13-11(15)9(3)4-6-12/h8-10,14H,4-7,12H2,1-3H3,(H,13,15). The van der Waals surface area contributed by atoms with Crippen LogP contribution in [0.4, 0.5) is 0 Å². The maximum atomic E-state index is 11.7. The van der Waals surface area contributed by atoms with Gasteiger partial charge in [0, 0.05) is 18.6 Å². The molecule has 2 atom stereocenters. The molecule has 0 fully saturated rings. The van der Waals surface area contributed by atoms with Gasteiger partial charge in [-0.15, -0.1) is 0 Å². The molecule has 0 aliphatic heterocycles. The third-order valence-corrected chi connectivity index (χ3v) is 2.62. The highest BCUT2D eigenvalue weighted by Gasteiger charge is 2.18. The molecule has 0 saturated carbocycles. The number of rotatable bonds is 7. The van der Waals surface area contributed by atoms with Crippen LogP contribution in [-0.4, -0.2) is 30.2 Å². The lowest BCUT2D eigenvalue weighted by Gasteiger charge is -2.23. The summed E-state index contributed by atoms with van der Waals surface area (Å²) in [6.45, 7) is 6.58. The second-order valence-corrected chi connectivity index (χ2v) is 4.35. The molecule has 0 spiro atoms. The van der Waals surface area contributed by atoms with Crippen molar-refractivity contribution >= 4 is 5.91 Å². The Balaban J connectivity index is 4.09. The Bertz CT molecular complexity index is 183. The minimum Gasteiger partial charge on any atom is -0.396 e. The van der Waals surface area contributed by atoms with Gasteiger partial charge in [-0.25, -0.2) is 0 Å². The van der Waals surface area contributed by atoms with Gasteiger partial charge in [-0.05, 0) is 25.3 Å². The molecule has 2 unspecified atom stereocenters. The zero-order chi connectivity index (χ0) is 11.8. The monoisotopic (exact) mass is 216 g/mol. The molecule has 90 valence electrons. The number of hydrogen-bond acceptors (Lipinski definition) is 3. The summed E-state index contributed by atoms with van der Waals surface area (Å²) in [4.78, 5) is 11.7. The van der Waals surface area contributed by atoms with E-state index < -0.39 is 0 Å². The summed E-state index contributed by atoms with van der Waals surface area (Å²) in [6, 6.07) is 0.0581. The zero-order valence-electron chi connectivity index (χ0n) is 9.99. The van der Waals surface area contributed by atoms with Crippen LogP contribution in [0.5, 0.6) is 0 Å². The van der Waals surface area contributed by atoms with Crippen molar-refractivity contribution < 1.29 is 9.90 Å². The summed E-state index contributed by atoms with van der Waals surface area (Å²) >= 11 is 0. The number of carbonyl (C=O) groups excluding carboxylic acids is 1. The van der Waals surface area contributed by atoms with Crippen molar-refractivity contribution in [2.24, 2.45) is 17.6 Å². The Kier molecular flexibility index (Phi) is 7.34. The highest BCUT2D eigenvalue weighted by Crippen LogP contribution is 2.08. The van der Waals surface area contributed by atoms with Crippen molar-refractivity contribution in [1.82, 2.24) is 5.32 Å². The molecule has 0 radical (unpaired) electrons. The first-order valence-electron chi connectivity index (χ1n) is 5.64. The van der Waals surface area contributed by atoms with E-state index in [1.54, 1.807) is 0 Å². The molecule has 0 aliphatic rings. The molecule has 0 aromatic carbocycles. The Hall–Kier alpha value is -0.610. The number of nitrogens with one attached hydrogen (secondary N) is 1. The lowest BCUT2D eigenvalue weighted by Crippen LogP contribution is -2.42. The number of hydrogen-bond donors (Lipinski definition) is 3. The smallest absolute Gasteiger partial charge is 0.223 e. The summed E-state index contributed by atoms with van der Waals surface area (Å²) < 4.78 is 0. The van der Waals surface area contributed by atoms with Crippen molar-refractivity contribution in [3.63, 3.8) is 0 Å². The fraction of sp³-hybridized carbons (Fsp3) is 0.909. The minimum absolute atomic E-state index is 0.0348. The molecule has 1 amide bonds. The quantitative estimate of drug-likeness (QED) is 0.580. The third-order valence-electron chi connectivity index (χ3n) is 2.62. The first kappa shape index (κ1) is 14.4. The summed E-state index contributed by atoms with van der Waals surface area (Å²) in [6.07, 6.45) is 1.31. The molecule has 0 saturated heterocycles. The van der Waals surface area contributed by atoms with E-state index in [-0.39, 0.29) is 24.5 Å². The molecule has 0 bridgehead atoms. The first-order chi connectivity index (χ1) is 7.02. The third kappa shape index (κ3) is 5.74. The average Bonchev–Trinajstić information content (AvgIpc) is 2.17. The van der Waals surface area contributed by atoms with Crippen LogP contribution >= 0.6 is 0 Å². The van der Waals surface area contributed by atoms with E-state index in [4.69, 9.17) is 10.8 Å². The zero-order valence-corrected chi connectivity index (χ0v) is 9.99. The molecule has 0 aliphatic carbocycles. The number of aliphatic hydroxyl groups excluding tert-OH is 1. The van der Waals surface area contributed by atoms with E-state index >= 15 is 0 Å². The van der Waals surface area contributed by atoms with E-state index in [1.807, 2.05) is 20.8 Å². The molecule has 0 aromatic rings. The first-order valence-corrected chi connectivity index (χ1v) is 5.64. The van der Waals surface area contributed by atoms with Crippen molar-refractivity contribution in [3.8, 4) is 0 Å². The van der Waals surface area contributed by atoms with Gasteiger partial charge in [0.15, 0.2) is 0 Å². The van der Waals surface area contributed by atoms with Crippen LogP contribution < -0.4 is 11.1 Å². The second kappa shape index (κ2) is 7.65. The van der Waals surface area contributed by atoms with Gasteiger partial charge in [-0.3, -0.25) is 4.79 Å². The van der Waals surface area contributed by atoms with Gasteiger partial charge in [-0.1, -0.05) is 20.8 Å². The van der Waals surface area contributed by atoms with Gasteiger partial charge in [0.1, 0.15) is 0 Å². The molecule has 0 rings (SSSR count). The summed E-state index contributed by atoms with van der Waals surface area (Å²) in [5.41, 5.74) is 5.40. The number of amides is 1. The summed E-state index contributed by atoms with van der Waals surface area (Å²) in [5.74, 6) is 0.328. The van der Waals surface area contributed by atoms with Crippen molar-refractivity contribution in [3.05, 3.63) is 0 Å². The molecule has 15 heavy (non-hydrogen) atoms. The predicted octanol–water partition coefficient (Wildman–Crippen LogP) is 0.495. The maximum absolute atomic E-state index is 11.7. The van der Waals surface area contributed by atoms with Gasteiger partial charge in [0.05, 0.1) is 0 Å². The highest BCUT2D eigenvalue weighted by atomic mass is 16.3. The SMILES string of the molecule is CC(CCN)C(=O)NC(CCO)C(C)C. The van der Waals surface area contributed by atoms with Gasteiger partial charge in [-0.2, -0.15) is 0 Å². The molecule has 4 heteroatoms. The van der Waals surface area contributed by atoms with E-state index in [0.717, 1.165) is 0 Å². The molecular weight excluding hydrogens is 192 g/mol. The molecular formula is C11H24N2O2. The van der Waals surface area contributed by atoms with Crippen LogP contribution in [0, 0.1) is 11.8 Å². The number of aliphatic hydroxyl groups is 1. The Morgan fingerprint density at radius 3 is 2.33 bits per heavy atom. The van der Waals surface area contributed by atoms with Crippen LogP contribution in [0.15, 0.2) is 0 Å². The van der Waals surface area contributed by atoms with E-state index in [1.165, 1.54) is 0 Å². The topological polar surface area (TPSA) is 75.4 Å². The Morgan fingerprint density at radius 2 is 1.93 bits per heavy atom.